The van der Waals surface area contributed by atoms with E-state index in [9.17, 15) is 9.59 Å². The first-order chi connectivity index (χ1) is 12.8. The van der Waals surface area contributed by atoms with Gasteiger partial charge in [-0.15, -0.1) is 4.57 Å². The van der Waals surface area contributed by atoms with E-state index >= 15 is 0 Å². The van der Waals surface area contributed by atoms with Crippen LogP contribution in [0.1, 0.15) is 31.7 Å². The van der Waals surface area contributed by atoms with E-state index in [0.29, 0.717) is 40.0 Å². The van der Waals surface area contributed by atoms with Crippen LogP contribution in [0, 0.1) is 12.8 Å². The highest BCUT2D eigenvalue weighted by Gasteiger charge is 2.12. The highest BCUT2D eigenvalue weighted by atomic mass is 35.5. The van der Waals surface area contributed by atoms with Crippen molar-refractivity contribution in [3.8, 4) is 5.75 Å². The molecule has 0 unspecified atom stereocenters. The number of amides is 1. The highest BCUT2D eigenvalue weighted by molar-refractivity contribution is 6.31. The predicted molar refractivity (Wildman–Crippen MR) is 102 cm³/mol. The summed E-state index contributed by atoms with van der Waals surface area (Å²) in [5, 5.41) is 3.29. The molecule has 0 saturated heterocycles. The molecule has 1 amide bonds. The highest BCUT2D eigenvalue weighted by Crippen LogP contribution is 2.29. The van der Waals surface area contributed by atoms with Crippen LogP contribution in [0.2, 0.25) is 5.02 Å². The van der Waals surface area contributed by atoms with Crippen LogP contribution < -0.4 is 15.6 Å². The summed E-state index contributed by atoms with van der Waals surface area (Å²) in [5.41, 5.74) is 1.02. The molecule has 8 heteroatoms. The molecule has 3 rings (SSSR count). The number of halogens is 1. The third-order valence-electron chi connectivity index (χ3n) is 3.71. The van der Waals surface area contributed by atoms with Gasteiger partial charge in [-0.3, -0.25) is 9.59 Å². The Morgan fingerprint density at radius 2 is 2.11 bits per heavy atom. The standard InChI is InChI=1S/C19H20ClN3O4/c1-11(2)6-18(24)22-15-8-13(20)4-5-16(15)26-10-14-9-19(25)23-17(21-14)7-12(3)27-23/h4-5,7-9,11H,6,10H2,1-3H3,(H,22,24). The lowest BCUT2D eigenvalue weighted by Gasteiger charge is -2.13. The Balaban J connectivity index is 1.79. The maximum atomic E-state index is 12.1. The van der Waals surface area contributed by atoms with Gasteiger partial charge < -0.3 is 14.6 Å². The number of nitrogens with one attached hydrogen (secondary N) is 1. The SMILES string of the molecule is Cc1cc2nc(COc3ccc(Cl)cc3NC(=O)CC(C)C)cc(=O)n2o1. The number of hydrogen-bond donors (Lipinski definition) is 1. The number of hydrogen-bond acceptors (Lipinski definition) is 5. The summed E-state index contributed by atoms with van der Waals surface area (Å²) in [4.78, 5) is 28.5. The van der Waals surface area contributed by atoms with E-state index in [1.807, 2.05) is 13.8 Å². The molecule has 0 aliphatic carbocycles. The van der Waals surface area contributed by atoms with Gasteiger partial charge in [-0.2, -0.15) is 0 Å². The van der Waals surface area contributed by atoms with E-state index in [2.05, 4.69) is 10.3 Å². The smallest absolute Gasteiger partial charge is 0.287 e. The fourth-order valence-electron chi connectivity index (χ4n) is 2.60. The maximum absolute atomic E-state index is 12.1. The number of anilines is 1. The summed E-state index contributed by atoms with van der Waals surface area (Å²) in [7, 11) is 0. The molecule has 2 aromatic heterocycles. The number of rotatable bonds is 6. The molecule has 0 atom stereocenters. The van der Waals surface area contributed by atoms with Crippen molar-refractivity contribution in [3.63, 3.8) is 0 Å². The molecule has 3 aromatic rings. The Morgan fingerprint density at radius 1 is 1.33 bits per heavy atom. The molecule has 0 fully saturated rings. The Morgan fingerprint density at radius 3 is 2.85 bits per heavy atom. The number of ether oxygens (including phenoxy) is 1. The average molecular weight is 390 g/mol. The summed E-state index contributed by atoms with van der Waals surface area (Å²) in [6.07, 6.45) is 0.390. The van der Waals surface area contributed by atoms with Crippen LogP contribution >= 0.6 is 11.6 Å². The largest absolute Gasteiger partial charge is 0.485 e. The third kappa shape index (κ3) is 4.68. The molecule has 0 saturated carbocycles. The Labute approximate surface area is 160 Å². The van der Waals surface area contributed by atoms with Crippen LogP contribution in [0.15, 0.2) is 39.6 Å². The maximum Gasteiger partial charge on any atom is 0.287 e. The second-order valence-corrected chi connectivity index (χ2v) is 7.10. The van der Waals surface area contributed by atoms with Crippen LogP contribution in [0.5, 0.6) is 5.75 Å². The van der Waals surface area contributed by atoms with E-state index in [0.717, 1.165) is 4.57 Å². The lowest BCUT2D eigenvalue weighted by Crippen LogP contribution is -2.16. The lowest BCUT2D eigenvalue weighted by atomic mass is 10.1. The van der Waals surface area contributed by atoms with E-state index < -0.39 is 0 Å². The van der Waals surface area contributed by atoms with Gasteiger partial charge in [0.05, 0.1) is 11.4 Å². The summed E-state index contributed by atoms with van der Waals surface area (Å²) in [6.45, 7) is 5.73. The first-order valence-electron chi connectivity index (χ1n) is 8.53. The number of benzene rings is 1. The second kappa shape index (κ2) is 7.84. The van der Waals surface area contributed by atoms with Gasteiger partial charge in [0, 0.05) is 23.6 Å². The van der Waals surface area contributed by atoms with Gasteiger partial charge in [0.15, 0.2) is 5.65 Å². The van der Waals surface area contributed by atoms with Gasteiger partial charge in [0.2, 0.25) is 5.91 Å². The lowest BCUT2D eigenvalue weighted by molar-refractivity contribution is -0.116. The average Bonchev–Trinajstić information content (AvgIpc) is 2.94. The van der Waals surface area contributed by atoms with Crippen molar-refractivity contribution in [3.05, 3.63) is 57.2 Å². The fourth-order valence-corrected chi connectivity index (χ4v) is 2.77. The van der Waals surface area contributed by atoms with Crippen molar-refractivity contribution in [2.75, 3.05) is 5.32 Å². The molecule has 0 bridgehead atoms. The number of carbonyl (C=O) groups excluding carboxylic acids is 1. The minimum absolute atomic E-state index is 0.0602. The van der Waals surface area contributed by atoms with Crippen LogP contribution in [0.4, 0.5) is 5.69 Å². The fraction of sp³-hybridized carbons (Fsp3) is 0.316. The summed E-state index contributed by atoms with van der Waals surface area (Å²) >= 11 is 6.04. The zero-order valence-electron chi connectivity index (χ0n) is 15.3. The molecule has 1 N–H and O–H groups in total. The van der Waals surface area contributed by atoms with Crippen molar-refractivity contribution in [1.82, 2.24) is 9.56 Å². The number of carbonyl (C=O) groups is 1. The zero-order valence-corrected chi connectivity index (χ0v) is 16.0. The molecule has 0 aliphatic heterocycles. The Kier molecular flexibility index (Phi) is 5.51. The van der Waals surface area contributed by atoms with Gasteiger partial charge in [-0.05, 0) is 31.0 Å². The molecular weight excluding hydrogens is 370 g/mol. The normalized spacial score (nSPS) is 11.1. The minimum Gasteiger partial charge on any atom is -0.485 e. The van der Waals surface area contributed by atoms with E-state index in [1.165, 1.54) is 6.07 Å². The molecule has 142 valence electrons. The quantitative estimate of drug-likeness (QED) is 0.692. The number of aromatic nitrogens is 2. The van der Waals surface area contributed by atoms with Crippen molar-refractivity contribution < 1.29 is 14.1 Å². The summed E-state index contributed by atoms with van der Waals surface area (Å²) in [5.74, 6) is 1.15. The number of aryl methyl sites for hydroxylation is 1. The van der Waals surface area contributed by atoms with E-state index in [1.54, 1.807) is 31.2 Å². The van der Waals surface area contributed by atoms with Crippen molar-refractivity contribution >= 4 is 28.8 Å². The first-order valence-corrected chi connectivity index (χ1v) is 8.91. The van der Waals surface area contributed by atoms with Gasteiger partial charge >= 0.3 is 0 Å². The minimum atomic E-state index is -0.326. The van der Waals surface area contributed by atoms with Crippen molar-refractivity contribution in [2.24, 2.45) is 5.92 Å². The van der Waals surface area contributed by atoms with Gasteiger partial charge in [-0.25, -0.2) is 4.98 Å². The van der Waals surface area contributed by atoms with E-state index in [-0.39, 0.29) is 24.0 Å². The summed E-state index contributed by atoms with van der Waals surface area (Å²) in [6, 6.07) is 7.98. The number of nitrogens with zero attached hydrogens (tertiary/aromatic N) is 2. The molecule has 0 radical (unpaired) electrons. The van der Waals surface area contributed by atoms with Crippen LogP contribution in [0.25, 0.3) is 5.65 Å². The van der Waals surface area contributed by atoms with Crippen molar-refractivity contribution in [2.45, 2.75) is 33.8 Å². The molecule has 0 spiro atoms. The molecule has 27 heavy (non-hydrogen) atoms. The molecule has 0 aliphatic rings. The monoisotopic (exact) mass is 389 g/mol. The molecule has 7 nitrogen and oxygen atoms in total. The zero-order chi connectivity index (χ0) is 19.6. The summed E-state index contributed by atoms with van der Waals surface area (Å²) < 4.78 is 12.2. The van der Waals surface area contributed by atoms with Gasteiger partial charge in [0.25, 0.3) is 5.56 Å². The molecular formula is C19H20ClN3O4. The second-order valence-electron chi connectivity index (χ2n) is 6.66. The van der Waals surface area contributed by atoms with Crippen LogP contribution in [-0.4, -0.2) is 15.5 Å². The third-order valence-corrected chi connectivity index (χ3v) is 3.94. The van der Waals surface area contributed by atoms with Crippen LogP contribution in [0.3, 0.4) is 0 Å². The molecule has 2 heterocycles. The Bertz CT molecular complexity index is 1040. The Hall–Kier alpha value is -2.80. The molecule has 1 aromatic carbocycles. The number of fused-ring (bicyclic) bond motifs is 1. The van der Waals surface area contributed by atoms with Crippen LogP contribution in [-0.2, 0) is 11.4 Å². The predicted octanol–water partition coefficient (Wildman–Crippen LogP) is 3.81. The van der Waals surface area contributed by atoms with E-state index in [4.69, 9.17) is 20.9 Å². The van der Waals surface area contributed by atoms with Gasteiger partial charge in [-0.1, -0.05) is 25.4 Å². The first kappa shape index (κ1) is 19.0. The van der Waals surface area contributed by atoms with Gasteiger partial charge in [0.1, 0.15) is 18.1 Å². The topological polar surface area (TPSA) is 85.8 Å². The van der Waals surface area contributed by atoms with Crippen molar-refractivity contribution in [1.29, 1.82) is 0 Å².